The number of aliphatic hydroxyl groups excluding tert-OH is 1. The van der Waals surface area contributed by atoms with Crippen molar-refractivity contribution in [1.29, 1.82) is 0 Å². The summed E-state index contributed by atoms with van der Waals surface area (Å²) >= 11 is 0. The van der Waals surface area contributed by atoms with E-state index in [-0.39, 0.29) is 18.9 Å². The van der Waals surface area contributed by atoms with Gasteiger partial charge in [0.15, 0.2) is 6.10 Å². The highest BCUT2D eigenvalue weighted by atomic mass is 19.4. The molecule has 2 unspecified atom stereocenters. The molecule has 0 aromatic rings. The summed E-state index contributed by atoms with van der Waals surface area (Å²) in [6.45, 7) is 1.18. The van der Waals surface area contributed by atoms with Gasteiger partial charge in [-0.1, -0.05) is 6.92 Å². The molecule has 4 nitrogen and oxygen atoms in total. The molecule has 0 aromatic carbocycles. The summed E-state index contributed by atoms with van der Waals surface area (Å²) in [4.78, 5) is 11.0. The van der Waals surface area contributed by atoms with Gasteiger partial charge in [-0.25, -0.2) is 0 Å². The average Bonchev–Trinajstić information content (AvgIpc) is 2.12. The minimum atomic E-state index is -4.70. The molecule has 2 atom stereocenters. The summed E-state index contributed by atoms with van der Waals surface area (Å²) < 4.78 is 35.4. The number of carbonyl (C=O) groups is 1. The van der Waals surface area contributed by atoms with Crippen LogP contribution in [-0.2, 0) is 4.79 Å². The van der Waals surface area contributed by atoms with Gasteiger partial charge in [-0.15, -0.1) is 0 Å². The second-order valence-corrected chi connectivity index (χ2v) is 3.41. The lowest BCUT2D eigenvalue weighted by Crippen LogP contribution is -2.41. The number of aliphatic hydroxyl groups is 1. The van der Waals surface area contributed by atoms with E-state index in [0.29, 0.717) is 0 Å². The Morgan fingerprint density at radius 1 is 1.53 bits per heavy atom. The number of alkyl halides is 3. The number of nitrogens with one attached hydrogen (secondary N) is 1. The van der Waals surface area contributed by atoms with E-state index in [1.54, 1.807) is 6.92 Å². The lowest BCUT2D eigenvalue weighted by molar-refractivity contribution is -0.201. The predicted molar refractivity (Wildman–Crippen MR) is 47.9 cm³/mol. The Bertz CT molecular complexity index is 209. The first kappa shape index (κ1) is 14.2. The Kier molecular flexibility index (Phi) is 5.59. The Morgan fingerprint density at radius 2 is 2.07 bits per heavy atom. The number of carbonyl (C=O) groups excluding carboxylic acids is 1. The minimum Gasteiger partial charge on any atom is -0.382 e. The molecule has 0 bridgehead atoms. The molecule has 90 valence electrons. The third kappa shape index (κ3) is 6.29. The van der Waals surface area contributed by atoms with Gasteiger partial charge in [0.25, 0.3) is 0 Å². The summed E-state index contributed by atoms with van der Waals surface area (Å²) in [5.74, 6) is -0.635. The van der Waals surface area contributed by atoms with E-state index >= 15 is 0 Å². The summed E-state index contributed by atoms with van der Waals surface area (Å²) in [6, 6.07) is 0. The normalized spacial score (nSPS) is 15.9. The molecule has 0 fully saturated rings. The van der Waals surface area contributed by atoms with E-state index in [2.05, 4.69) is 0 Å². The van der Waals surface area contributed by atoms with Crippen molar-refractivity contribution in [2.75, 3.05) is 13.1 Å². The van der Waals surface area contributed by atoms with Gasteiger partial charge in [-0.3, -0.25) is 4.79 Å². The summed E-state index contributed by atoms with van der Waals surface area (Å²) in [5.41, 5.74) is 5.24. The highest BCUT2D eigenvalue weighted by Gasteiger charge is 2.38. The minimum absolute atomic E-state index is 0.0566. The smallest absolute Gasteiger partial charge is 0.382 e. The van der Waals surface area contributed by atoms with Gasteiger partial charge >= 0.3 is 6.18 Å². The first-order valence-corrected chi connectivity index (χ1v) is 4.49. The molecule has 0 radical (unpaired) electrons. The standard InChI is InChI=1S/C8H15F3N2O2/c1-5(3-12)2-7(15)13-4-6(14)8(9,10)11/h5-6,14H,2-4,12H2,1H3,(H,13,15). The topological polar surface area (TPSA) is 75.4 Å². The van der Waals surface area contributed by atoms with Crippen molar-refractivity contribution in [3.8, 4) is 0 Å². The van der Waals surface area contributed by atoms with Crippen molar-refractivity contribution >= 4 is 5.91 Å². The zero-order valence-electron chi connectivity index (χ0n) is 8.34. The molecule has 0 rings (SSSR count). The molecule has 0 saturated carbocycles. The molecule has 0 spiro atoms. The molecule has 1 amide bonds. The van der Waals surface area contributed by atoms with Crippen LogP contribution in [0.5, 0.6) is 0 Å². The van der Waals surface area contributed by atoms with Crippen LogP contribution in [-0.4, -0.2) is 36.4 Å². The SMILES string of the molecule is CC(CN)CC(=O)NCC(O)C(F)(F)F. The van der Waals surface area contributed by atoms with Gasteiger partial charge in [-0.05, 0) is 12.5 Å². The van der Waals surface area contributed by atoms with Crippen molar-refractivity contribution < 1.29 is 23.1 Å². The number of hydrogen-bond acceptors (Lipinski definition) is 3. The largest absolute Gasteiger partial charge is 0.416 e. The van der Waals surface area contributed by atoms with Crippen molar-refractivity contribution in [1.82, 2.24) is 5.32 Å². The highest BCUT2D eigenvalue weighted by molar-refractivity contribution is 5.76. The van der Waals surface area contributed by atoms with Crippen LogP contribution in [0.25, 0.3) is 0 Å². The fourth-order valence-electron chi connectivity index (χ4n) is 0.798. The van der Waals surface area contributed by atoms with Gasteiger partial charge in [0.05, 0.1) is 6.54 Å². The van der Waals surface area contributed by atoms with Crippen LogP contribution in [0.3, 0.4) is 0 Å². The fraction of sp³-hybridized carbons (Fsp3) is 0.875. The van der Waals surface area contributed by atoms with Crippen LogP contribution in [0.15, 0.2) is 0 Å². The second kappa shape index (κ2) is 5.92. The average molecular weight is 228 g/mol. The quantitative estimate of drug-likeness (QED) is 0.620. The lowest BCUT2D eigenvalue weighted by atomic mass is 10.1. The second-order valence-electron chi connectivity index (χ2n) is 3.41. The van der Waals surface area contributed by atoms with Gasteiger partial charge in [0.1, 0.15) is 0 Å². The van der Waals surface area contributed by atoms with Crippen molar-refractivity contribution in [2.45, 2.75) is 25.6 Å². The van der Waals surface area contributed by atoms with Gasteiger partial charge in [0, 0.05) is 6.42 Å². The zero-order chi connectivity index (χ0) is 12.1. The van der Waals surface area contributed by atoms with Crippen molar-refractivity contribution in [3.63, 3.8) is 0 Å². The van der Waals surface area contributed by atoms with Crippen LogP contribution in [0.4, 0.5) is 13.2 Å². The third-order valence-electron chi connectivity index (χ3n) is 1.81. The zero-order valence-corrected chi connectivity index (χ0v) is 8.34. The number of hydrogen-bond donors (Lipinski definition) is 3. The Balaban J connectivity index is 3.81. The van der Waals surface area contributed by atoms with E-state index in [4.69, 9.17) is 10.8 Å². The summed E-state index contributed by atoms with van der Waals surface area (Å²) in [5, 5.41) is 10.6. The lowest BCUT2D eigenvalue weighted by Gasteiger charge is -2.15. The van der Waals surface area contributed by atoms with Crippen molar-refractivity contribution in [3.05, 3.63) is 0 Å². The maximum atomic E-state index is 11.8. The van der Waals surface area contributed by atoms with Crippen molar-refractivity contribution in [2.24, 2.45) is 11.7 Å². The van der Waals surface area contributed by atoms with Crippen LogP contribution < -0.4 is 11.1 Å². The fourth-order valence-corrected chi connectivity index (χ4v) is 0.798. The maximum Gasteiger partial charge on any atom is 0.416 e. The van der Waals surface area contributed by atoms with E-state index in [9.17, 15) is 18.0 Å². The number of nitrogens with two attached hydrogens (primary N) is 1. The molecule has 0 saturated heterocycles. The molecule has 0 aliphatic carbocycles. The Labute approximate surface area is 85.6 Å². The predicted octanol–water partition coefficient (Wildman–Crippen LogP) is 0.0107. The van der Waals surface area contributed by atoms with Crippen LogP contribution in [0.2, 0.25) is 0 Å². The summed E-state index contributed by atoms with van der Waals surface area (Å²) in [6.07, 6.45) is -7.16. The van der Waals surface area contributed by atoms with Gasteiger partial charge in [-0.2, -0.15) is 13.2 Å². The highest BCUT2D eigenvalue weighted by Crippen LogP contribution is 2.19. The number of rotatable bonds is 5. The molecule has 0 aliphatic heterocycles. The molecule has 0 aromatic heterocycles. The molecule has 15 heavy (non-hydrogen) atoms. The maximum absolute atomic E-state index is 11.8. The number of halogens is 3. The van der Waals surface area contributed by atoms with Crippen LogP contribution in [0, 0.1) is 5.92 Å². The molecule has 0 aliphatic rings. The van der Waals surface area contributed by atoms with Gasteiger partial charge < -0.3 is 16.2 Å². The first-order chi connectivity index (χ1) is 6.77. The molecule has 4 N–H and O–H groups in total. The molecule has 0 heterocycles. The summed E-state index contributed by atoms with van der Waals surface area (Å²) in [7, 11) is 0. The van der Waals surface area contributed by atoms with Gasteiger partial charge in [0.2, 0.25) is 5.91 Å². The Hall–Kier alpha value is -0.820. The molecular formula is C8H15F3N2O2. The monoisotopic (exact) mass is 228 g/mol. The third-order valence-corrected chi connectivity index (χ3v) is 1.81. The van der Waals surface area contributed by atoms with E-state index in [0.717, 1.165) is 0 Å². The number of amides is 1. The van der Waals surface area contributed by atoms with E-state index in [1.165, 1.54) is 0 Å². The van der Waals surface area contributed by atoms with Crippen LogP contribution >= 0.6 is 0 Å². The van der Waals surface area contributed by atoms with E-state index < -0.39 is 24.7 Å². The molecular weight excluding hydrogens is 213 g/mol. The molecule has 7 heteroatoms. The van der Waals surface area contributed by atoms with E-state index in [1.807, 2.05) is 5.32 Å². The Morgan fingerprint density at radius 3 is 2.47 bits per heavy atom. The first-order valence-electron chi connectivity index (χ1n) is 4.49. The van der Waals surface area contributed by atoms with Crippen LogP contribution in [0.1, 0.15) is 13.3 Å².